The van der Waals surface area contributed by atoms with E-state index in [1.807, 2.05) is 47.6 Å². The van der Waals surface area contributed by atoms with Crippen LogP contribution in [-0.4, -0.2) is 67.8 Å². The molecule has 1 atom stereocenters. The summed E-state index contributed by atoms with van der Waals surface area (Å²) < 4.78 is 15.0. The number of nitrogens with one attached hydrogen (secondary N) is 1. The fourth-order valence-electron chi connectivity index (χ4n) is 3.89. The van der Waals surface area contributed by atoms with Crippen LogP contribution in [0.3, 0.4) is 0 Å². The highest BCUT2D eigenvalue weighted by atomic mass is 16.5. The van der Waals surface area contributed by atoms with Crippen LogP contribution in [0.2, 0.25) is 0 Å². The highest BCUT2D eigenvalue weighted by Crippen LogP contribution is 2.31. The van der Waals surface area contributed by atoms with Gasteiger partial charge in [-0.15, -0.1) is 10.2 Å². The van der Waals surface area contributed by atoms with E-state index >= 15 is 0 Å². The van der Waals surface area contributed by atoms with Crippen molar-refractivity contribution in [2.45, 2.75) is 19.4 Å². The molecule has 5 rings (SSSR count). The number of nitrogens with zero attached hydrogens (tertiary/aromatic N) is 7. The van der Waals surface area contributed by atoms with Crippen LogP contribution in [0.4, 0.5) is 11.6 Å². The maximum atomic E-state index is 6.13. The number of pyridine rings is 1. The van der Waals surface area contributed by atoms with Gasteiger partial charge in [-0.25, -0.2) is 4.52 Å². The van der Waals surface area contributed by atoms with Gasteiger partial charge >= 0.3 is 0 Å². The zero-order valence-electron chi connectivity index (χ0n) is 18.6. The number of likely N-dealkylation sites (tertiary alicyclic amines) is 1. The zero-order chi connectivity index (χ0) is 22.2. The van der Waals surface area contributed by atoms with E-state index in [1.165, 1.54) is 6.42 Å². The van der Waals surface area contributed by atoms with Crippen LogP contribution >= 0.6 is 0 Å². The molecule has 166 valence electrons. The number of methoxy groups -OCH3 is 1. The highest BCUT2D eigenvalue weighted by Gasteiger charge is 2.25. The van der Waals surface area contributed by atoms with E-state index in [9.17, 15) is 0 Å². The van der Waals surface area contributed by atoms with E-state index in [-0.39, 0.29) is 0 Å². The maximum absolute atomic E-state index is 6.13. The second-order valence-electron chi connectivity index (χ2n) is 8.08. The molecule has 4 aromatic rings. The molecule has 1 aliphatic rings. The Morgan fingerprint density at radius 3 is 2.75 bits per heavy atom. The number of anilines is 2. The lowest BCUT2D eigenvalue weighted by Crippen LogP contribution is -2.48. The molecule has 5 heterocycles. The molecule has 0 unspecified atom stereocenters. The molecular formula is C22H26N8O2. The van der Waals surface area contributed by atoms with E-state index in [0.717, 1.165) is 34.6 Å². The SMILES string of the molecule is COc1nnc(Nc2cc3cc(-c4c(OC[C@H]5CCN5C)cnn4C)ccn3n2)cc1C. The minimum atomic E-state index is 0.471. The topological polar surface area (TPSA) is 94.6 Å². The van der Waals surface area contributed by atoms with Crippen molar-refractivity contribution in [1.82, 2.24) is 34.5 Å². The molecule has 0 amide bonds. The highest BCUT2D eigenvalue weighted by molar-refractivity contribution is 5.72. The number of hydrogen-bond acceptors (Lipinski definition) is 8. The first kappa shape index (κ1) is 20.3. The number of ether oxygens (including phenoxy) is 2. The van der Waals surface area contributed by atoms with Crippen molar-refractivity contribution in [2.75, 3.05) is 32.6 Å². The van der Waals surface area contributed by atoms with E-state index in [0.29, 0.717) is 30.2 Å². The molecule has 0 bridgehead atoms. The molecule has 0 aromatic carbocycles. The molecule has 0 aliphatic carbocycles. The van der Waals surface area contributed by atoms with Crippen LogP contribution in [0, 0.1) is 6.92 Å². The van der Waals surface area contributed by atoms with Crippen LogP contribution in [0.25, 0.3) is 16.8 Å². The minimum Gasteiger partial charge on any atom is -0.488 e. The van der Waals surface area contributed by atoms with Crippen LogP contribution in [0.1, 0.15) is 12.0 Å². The Morgan fingerprint density at radius 1 is 1.16 bits per heavy atom. The first-order valence-electron chi connectivity index (χ1n) is 10.5. The molecule has 32 heavy (non-hydrogen) atoms. The van der Waals surface area contributed by atoms with Gasteiger partial charge in [0.2, 0.25) is 5.88 Å². The van der Waals surface area contributed by atoms with Gasteiger partial charge in [-0.05, 0) is 45.1 Å². The van der Waals surface area contributed by atoms with E-state index < -0.39 is 0 Å². The zero-order valence-corrected chi connectivity index (χ0v) is 18.6. The van der Waals surface area contributed by atoms with Crippen molar-refractivity contribution in [3.63, 3.8) is 0 Å². The summed E-state index contributed by atoms with van der Waals surface area (Å²) in [5, 5.41) is 20.4. The molecule has 1 N–H and O–H groups in total. The predicted octanol–water partition coefficient (Wildman–Crippen LogP) is 2.67. The molecule has 10 heteroatoms. The number of hydrogen-bond donors (Lipinski definition) is 1. The molecule has 0 spiro atoms. The third-order valence-corrected chi connectivity index (χ3v) is 5.90. The van der Waals surface area contributed by atoms with E-state index in [1.54, 1.807) is 13.3 Å². The van der Waals surface area contributed by atoms with Crippen molar-refractivity contribution < 1.29 is 9.47 Å². The van der Waals surface area contributed by atoms with Gasteiger partial charge in [-0.1, -0.05) is 0 Å². The molecular weight excluding hydrogens is 408 g/mol. The summed E-state index contributed by atoms with van der Waals surface area (Å²) >= 11 is 0. The van der Waals surface area contributed by atoms with Gasteiger partial charge in [0.15, 0.2) is 17.4 Å². The van der Waals surface area contributed by atoms with Crippen LogP contribution in [0.5, 0.6) is 11.6 Å². The Labute approximate surface area is 185 Å². The lowest BCUT2D eigenvalue weighted by atomic mass is 10.1. The van der Waals surface area contributed by atoms with Crippen molar-refractivity contribution in [2.24, 2.45) is 7.05 Å². The monoisotopic (exact) mass is 434 g/mol. The Bertz CT molecular complexity index is 1260. The lowest BCUT2D eigenvalue weighted by Gasteiger charge is -2.37. The summed E-state index contributed by atoms with van der Waals surface area (Å²) in [6, 6.07) is 8.40. The fourth-order valence-corrected chi connectivity index (χ4v) is 3.89. The Balaban J connectivity index is 1.38. The predicted molar refractivity (Wildman–Crippen MR) is 121 cm³/mol. The standard InChI is InChI=1S/C22H26N8O2/c1-14-9-19(25-26-22(14)31-4)24-20-11-17-10-15(5-8-30(17)27-20)21-18(12-23-29(21)3)32-13-16-6-7-28(16)2/h5,8-12,16H,6-7,13H2,1-4H3,(H,24,25,27)/t16-/m1/s1. The smallest absolute Gasteiger partial charge is 0.236 e. The van der Waals surface area contributed by atoms with Gasteiger partial charge in [-0.3, -0.25) is 9.58 Å². The molecule has 1 saturated heterocycles. The van der Waals surface area contributed by atoms with Crippen molar-refractivity contribution in [1.29, 1.82) is 0 Å². The summed E-state index contributed by atoms with van der Waals surface area (Å²) in [4.78, 5) is 2.30. The third-order valence-electron chi connectivity index (χ3n) is 5.90. The Hall–Kier alpha value is -3.66. The lowest BCUT2D eigenvalue weighted by molar-refractivity contribution is 0.0771. The Kier molecular flexibility index (Phi) is 5.14. The second-order valence-corrected chi connectivity index (χ2v) is 8.08. The van der Waals surface area contributed by atoms with E-state index in [4.69, 9.17) is 9.47 Å². The largest absolute Gasteiger partial charge is 0.488 e. The molecule has 0 saturated carbocycles. The summed E-state index contributed by atoms with van der Waals surface area (Å²) in [6.07, 6.45) is 4.88. The number of likely N-dealkylation sites (N-methyl/N-ethyl adjacent to an activating group) is 1. The van der Waals surface area contributed by atoms with Crippen LogP contribution < -0.4 is 14.8 Å². The van der Waals surface area contributed by atoms with Gasteiger partial charge in [0.05, 0.1) is 18.8 Å². The first-order valence-corrected chi connectivity index (χ1v) is 10.5. The first-order chi connectivity index (χ1) is 15.5. The summed E-state index contributed by atoms with van der Waals surface area (Å²) in [5.74, 6) is 2.58. The van der Waals surface area contributed by atoms with Crippen molar-refractivity contribution in [3.8, 4) is 22.9 Å². The van der Waals surface area contributed by atoms with E-state index in [2.05, 4.69) is 43.7 Å². The number of aromatic nitrogens is 6. The average molecular weight is 435 g/mol. The quantitative estimate of drug-likeness (QED) is 0.474. The maximum Gasteiger partial charge on any atom is 0.236 e. The average Bonchev–Trinajstić information content (AvgIpc) is 3.34. The normalized spacial score (nSPS) is 16.2. The molecule has 0 radical (unpaired) electrons. The summed E-state index contributed by atoms with van der Waals surface area (Å²) in [7, 11) is 5.63. The Morgan fingerprint density at radius 2 is 2.03 bits per heavy atom. The van der Waals surface area contributed by atoms with Crippen molar-refractivity contribution >= 4 is 17.2 Å². The molecule has 1 fully saturated rings. The molecule has 4 aromatic heterocycles. The summed E-state index contributed by atoms with van der Waals surface area (Å²) in [6.45, 7) is 3.72. The second kappa shape index (κ2) is 8.12. The number of rotatable bonds is 7. The van der Waals surface area contributed by atoms with Gasteiger partial charge < -0.3 is 14.8 Å². The summed E-state index contributed by atoms with van der Waals surface area (Å²) in [5.41, 5.74) is 3.80. The minimum absolute atomic E-state index is 0.471. The molecule has 1 aliphatic heterocycles. The fraction of sp³-hybridized carbons (Fsp3) is 0.364. The van der Waals surface area contributed by atoms with Crippen LogP contribution in [-0.2, 0) is 7.05 Å². The van der Waals surface area contributed by atoms with Gasteiger partial charge in [0.25, 0.3) is 0 Å². The van der Waals surface area contributed by atoms with Gasteiger partial charge in [0.1, 0.15) is 12.3 Å². The molecule has 10 nitrogen and oxygen atoms in total. The third kappa shape index (κ3) is 3.73. The number of fused-ring (bicyclic) bond motifs is 1. The van der Waals surface area contributed by atoms with Gasteiger partial charge in [-0.2, -0.15) is 10.2 Å². The number of aryl methyl sites for hydroxylation is 2. The van der Waals surface area contributed by atoms with Crippen LogP contribution in [0.15, 0.2) is 36.7 Å². The van der Waals surface area contributed by atoms with Gasteiger partial charge in [0, 0.05) is 36.5 Å². The van der Waals surface area contributed by atoms with Crippen molar-refractivity contribution in [3.05, 3.63) is 42.2 Å².